The van der Waals surface area contributed by atoms with E-state index in [9.17, 15) is 13.2 Å². The fourth-order valence-corrected chi connectivity index (χ4v) is 1.57. The normalized spacial score (nSPS) is 16.5. The van der Waals surface area contributed by atoms with E-state index in [-0.39, 0.29) is 0 Å². The van der Waals surface area contributed by atoms with Crippen LogP contribution in [0.5, 0.6) is 0 Å². The summed E-state index contributed by atoms with van der Waals surface area (Å²) in [5.74, 6) is 0.419. The summed E-state index contributed by atoms with van der Waals surface area (Å²) < 4.78 is 37.7. The van der Waals surface area contributed by atoms with Crippen LogP contribution in [0.15, 0.2) is 29.0 Å². The Bertz CT molecular complexity index is 413. The first-order chi connectivity index (χ1) is 7.47. The highest BCUT2D eigenvalue weighted by Gasteiger charge is 2.30. The summed E-state index contributed by atoms with van der Waals surface area (Å²) in [5.41, 5.74) is 2.18. The van der Waals surface area contributed by atoms with Gasteiger partial charge in [-0.3, -0.25) is 5.01 Å². The minimum atomic E-state index is -4.35. The monoisotopic (exact) mass is 293 g/mol. The first kappa shape index (κ1) is 11.4. The first-order valence-corrected chi connectivity index (χ1v) is 5.18. The van der Waals surface area contributed by atoms with E-state index in [1.165, 1.54) is 6.07 Å². The van der Waals surface area contributed by atoms with Gasteiger partial charge in [-0.25, -0.2) is 10.4 Å². The zero-order valence-electron chi connectivity index (χ0n) is 7.92. The summed E-state index contributed by atoms with van der Waals surface area (Å²) in [6.45, 7) is 0.600. The summed E-state index contributed by atoms with van der Waals surface area (Å²) in [6, 6.07) is 2.32. The Morgan fingerprint density at radius 2 is 2.12 bits per heavy atom. The van der Waals surface area contributed by atoms with Gasteiger partial charge < -0.3 is 0 Å². The molecule has 0 saturated heterocycles. The summed E-state index contributed by atoms with van der Waals surface area (Å²) in [5, 5.41) is 1.56. The molecule has 16 heavy (non-hydrogen) atoms. The van der Waals surface area contributed by atoms with Crippen molar-refractivity contribution in [3.05, 3.63) is 34.6 Å². The number of aromatic nitrogens is 1. The van der Waals surface area contributed by atoms with Crippen LogP contribution in [0.3, 0.4) is 0 Å². The second-order valence-electron chi connectivity index (χ2n) is 3.18. The van der Waals surface area contributed by atoms with E-state index < -0.39 is 11.7 Å². The quantitative estimate of drug-likeness (QED) is 0.863. The Labute approximate surface area is 98.1 Å². The van der Waals surface area contributed by atoms with Gasteiger partial charge in [0.25, 0.3) is 0 Å². The van der Waals surface area contributed by atoms with Crippen LogP contribution in [0.25, 0.3) is 0 Å². The average molecular weight is 294 g/mol. The van der Waals surface area contributed by atoms with Gasteiger partial charge in [0.1, 0.15) is 5.82 Å². The highest BCUT2D eigenvalue weighted by atomic mass is 79.9. The molecule has 3 nitrogen and oxygen atoms in total. The lowest BCUT2D eigenvalue weighted by Gasteiger charge is -2.15. The number of pyridine rings is 1. The number of nitrogens with zero attached hydrogens (tertiary/aromatic N) is 2. The number of hydrazine groups is 1. The minimum Gasteiger partial charge on any atom is -0.266 e. The molecule has 0 bridgehead atoms. The maximum Gasteiger partial charge on any atom is 0.417 e. The average Bonchev–Trinajstić information content (AvgIpc) is 2.64. The molecular formula is C9H7BrF3N3. The van der Waals surface area contributed by atoms with Gasteiger partial charge in [0.05, 0.1) is 5.56 Å². The predicted octanol–water partition coefficient (Wildman–Crippen LogP) is 2.66. The molecule has 0 atom stereocenters. The van der Waals surface area contributed by atoms with Crippen LogP contribution >= 0.6 is 15.9 Å². The Hall–Kier alpha value is -1.08. The van der Waals surface area contributed by atoms with E-state index in [4.69, 9.17) is 0 Å². The van der Waals surface area contributed by atoms with Crippen LogP contribution < -0.4 is 10.4 Å². The molecule has 0 saturated carbocycles. The maximum atomic E-state index is 12.3. The molecule has 0 unspecified atom stereocenters. The molecule has 86 valence electrons. The standard InChI is InChI=1S/C9H7BrF3N3/c10-7-4-15-16(5-7)8-2-1-6(3-14-8)9(11,12)13/h1-3,5,15H,4H2. The van der Waals surface area contributed by atoms with Gasteiger partial charge in [0.15, 0.2) is 0 Å². The van der Waals surface area contributed by atoms with Gasteiger partial charge in [-0.15, -0.1) is 0 Å². The second kappa shape index (κ2) is 4.06. The lowest BCUT2D eigenvalue weighted by atomic mass is 10.3. The highest BCUT2D eigenvalue weighted by Crippen LogP contribution is 2.29. The van der Waals surface area contributed by atoms with Gasteiger partial charge in [0, 0.05) is 23.4 Å². The van der Waals surface area contributed by atoms with E-state index in [0.29, 0.717) is 12.4 Å². The van der Waals surface area contributed by atoms with E-state index in [0.717, 1.165) is 16.7 Å². The molecule has 1 aromatic heterocycles. The Morgan fingerprint density at radius 3 is 2.56 bits per heavy atom. The van der Waals surface area contributed by atoms with Crippen molar-refractivity contribution in [1.82, 2.24) is 10.4 Å². The smallest absolute Gasteiger partial charge is 0.266 e. The third kappa shape index (κ3) is 2.35. The molecular weight excluding hydrogens is 287 g/mol. The zero-order valence-corrected chi connectivity index (χ0v) is 9.51. The largest absolute Gasteiger partial charge is 0.417 e. The molecule has 2 heterocycles. The number of alkyl halides is 3. The van der Waals surface area contributed by atoms with Crippen LogP contribution in [0.4, 0.5) is 19.0 Å². The maximum absolute atomic E-state index is 12.3. The third-order valence-electron chi connectivity index (χ3n) is 2.01. The zero-order chi connectivity index (χ0) is 11.8. The number of hydrogen-bond acceptors (Lipinski definition) is 3. The van der Waals surface area contributed by atoms with Crippen molar-refractivity contribution in [3.8, 4) is 0 Å². The van der Waals surface area contributed by atoms with Crippen LogP contribution in [0, 0.1) is 0 Å². The van der Waals surface area contributed by atoms with E-state index in [2.05, 4.69) is 26.3 Å². The number of rotatable bonds is 1. The molecule has 1 aliphatic heterocycles. The van der Waals surface area contributed by atoms with Crippen molar-refractivity contribution in [1.29, 1.82) is 0 Å². The topological polar surface area (TPSA) is 28.2 Å². The predicted molar refractivity (Wildman–Crippen MR) is 56.7 cm³/mol. The van der Waals surface area contributed by atoms with Crippen molar-refractivity contribution in [2.45, 2.75) is 6.18 Å². The molecule has 1 N–H and O–H groups in total. The summed E-state index contributed by atoms with van der Waals surface area (Å²) >= 11 is 3.27. The van der Waals surface area contributed by atoms with Crippen molar-refractivity contribution < 1.29 is 13.2 Å². The Balaban J connectivity index is 2.20. The molecule has 0 aliphatic carbocycles. The van der Waals surface area contributed by atoms with Crippen LogP contribution in [-0.4, -0.2) is 11.5 Å². The fourth-order valence-electron chi connectivity index (χ4n) is 1.24. The molecule has 0 amide bonds. The second-order valence-corrected chi connectivity index (χ2v) is 4.20. The molecule has 7 heteroatoms. The van der Waals surface area contributed by atoms with Crippen molar-refractivity contribution in [2.75, 3.05) is 11.6 Å². The van der Waals surface area contributed by atoms with E-state index in [1.807, 2.05) is 0 Å². The summed E-state index contributed by atoms with van der Waals surface area (Å²) in [6.07, 6.45) is -1.81. The SMILES string of the molecule is FC(F)(F)c1ccc(N2C=C(Br)CN2)nc1. The van der Waals surface area contributed by atoms with Gasteiger partial charge in [-0.1, -0.05) is 15.9 Å². The molecule has 0 fully saturated rings. The van der Waals surface area contributed by atoms with Gasteiger partial charge in [0.2, 0.25) is 0 Å². The molecule has 0 spiro atoms. The first-order valence-electron chi connectivity index (χ1n) is 4.39. The van der Waals surface area contributed by atoms with Crippen LogP contribution in [-0.2, 0) is 6.18 Å². The molecule has 2 rings (SSSR count). The lowest BCUT2D eigenvalue weighted by molar-refractivity contribution is -0.137. The van der Waals surface area contributed by atoms with Crippen molar-refractivity contribution in [2.24, 2.45) is 0 Å². The molecule has 0 aromatic carbocycles. The summed E-state index contributed by atoms with van der Waals surface area (Å²) in [4.78, 5) is 3.74. The number of hydrogen-bond donors (Lipinski definition) is 1. The molecule has 0 radical (unpaired) electrons. The third-order valence-corrected chi connectivity index (χ3v) is 2.49. The van der Waals surface area contributed by atoms with E-state index >= 15 is 0 Å². The number of halogens is 4. The van der Waals surface area contributed by atoms with Crippen molar-refractivity contribution in [3.63, 3.8) is 0 Å². The number of nitrogens with one attached hydrogen (secondary N) is 1. The highest BCUT2D eigenvalue weighted by molar-refractivity contribution is 9.11. The summed E-state index contributed by atoms with van der Waals surface area (Å²) in [7, 11) is 0. The van der Waals surface area contributed by atoms with Gasteiger partial charge >= 0.3 is 6.18 Å². The molecule has 1 aliphatic rings. The van der Waals surface area contributed by atoms with Crippen LogP contribution in [0.2, 0.25) is 0 Å². The number of anilines is 1. The van der Waals surface area contributed by atoms with Gasteiger partial charge in [-0.2, -0.15) is 13.2 Å². The fraction of sp³-hybridized carbons (Fsp3) is 0.222. The molecule has 1 aromatic rings. The van der Waals surface area contributed by atoms with Crippen molar-refractivity contribution >= 4 is 21.7 Å². The minimum absolute atomic E-state index is 0.419. The van der Waals surface area contributed by atoms with Crippen LogP contribution in [0.1, 0.15) is 5.56 Å². The van der Waals surface area contributed by atoms with E-state index in [1.54, 1.807) is 11.2 Å². The Kier molecular flexibility index (Phi) is 2.90. The Morgan fingerprint density at radius 1 is 1.38 bits per heavy atom. The lowest BCUT2D eigenvalue weighted by Crippen LogP contribution is -2.29. The van der Waals surface area contributed by atoms with Gasteiger partial charge in [-0.05, 0) is 12.1 Å².